The molecule has 0 bridgehead atoms. The van der Waals surface area contributed by atoms with Crippen LogP contribution in [0.1, 0.15) is 24.0 Å². The molecular weight excluding hydrogens is 699 g/mol. The molecule has 4 atom stereocenters. The van der Waals surface area contributed by atoms with Gasteiger partial charge in [0, 0.05) is 72.6 Å². The molecule has 4 aromatic rings. The molecule has 52 heavy (non-hydrogen) atoms. The molecule has 1 unspecified atom stereocenters. The van der Waals surface area contributed by atoms with Crippen LogP contribution in [0.2, 0.25) is 10.0 Å². The van der Waals surface area contributed by atoms with Gasteiger partial charge in [0.15, 0.2) is 0 Å². The number of nitrogens with one attached hydrogen (secondary N) is 2. The van der Waals surface area contributed by atoms with E-state index in [-0.39, 0.29) is 23.7 Å². The van der Waals surface area contributed by atoms with Crippen molar-refractivity contribution < 1.29 is 19.1 Å². The van der Waals surface area contributed by atoms with E-state index in [1.165, 1.54) is 0 Å². The van der Waals surface area contributed by atoms with Crippen LogP contribution in [0, 0.1) is 23.7 Å². The molecule has 0 aliphatic carbocycles. The predicted octanol–water partition coefficient (Wildman–Crippen LogP) is 5.94. The second kappa shape index (κ2) is 14.7. The first-order chi connectivity index (χ1) is 25.3. The summed E-state index contributed by atoms with van der Waals surface area (Å²) in [5.41, 5.74) is 6.38. The highest BCUT2D eigenvalue weighted by Crippen LogP contribution is 2.43. The SMILES string of the molecule is COc1nc(-c2cccc(-c3cccc(-c4ccc(CN5CC[C@@H]6CNC(=O)[C@@H]6C5)c(OC)n4)c3Cl)c2Cl)ccc1CN1CC[C@@H]2CNC(=O)C2C1. The van der Waals surface area contributed by atoms with Crippen molar-refractivity contribution in [3.8, 4) is 45.4 Å². The van der Waals surface area contributed by atoms with E-state index in [4.69, 9.17) is 42.6 Å². The smallest absolute Gasteiger partial charge is 0.224 e. The summed E-state index contributed by atoms with van der Waals surface area (Å²) in [4.78, 5) is 39.0. The summed E-state index contributed by atoms with van der Waals surface area (Å²) in [5.74, 6) is 2.34. The lowest BCUT2D eigenvalue weighted by atomic mass is 9.88. The average Bonchev–Trinajstić information content (AvgIpc) is 3.73. The van der Waals surface area contributed by atoms with Crippen molar-refractivity contribution in [1.82, 2.24) is 30.4 Å². The van der Waals surface area contributed by atoms with Crippen LogP contribution in [0.5, 0.6) is 11.8 Å². The number of ether oxygens (including phenoxy) is 2. The van der Waals surface area contributed by atoms with Gasteiger partial charge in [0.05, 0.1) is 47.5 Å². The Morgan fingerprint density at radius 3 is 1.50 bits per heavy atom. The number of carbonyl (C=O) groups excluding carboxylic acids is 2. The Balaban J connectivity index is 1.03. The van der Waals surface area contributed by atoms with E-state index in [1.807, 2.05) is 60.7 Å². The van der Waals surface area contributed by atoms with Crippen molar-refractivity contribution in [3.05, 3.63) is 81.8 Å². The van der Waals surface area contributed by atoms with Crippen LogP contribution in [0.25, 0.3) is 33.6 Å². The number of methoxy groups -OCH3 is 2. The molecule has 4 aliphatic rings. The normalized spacial score (nSPS) is 23.2. The van der Waals surface area contributed by atoms with Crippen LogP contribution in [0.15, 0.2) is 60.7 Å². The number of pyridine rings is 2. The first-order valence-corrected chi connectivity index (χ1v) is 18.7. The molecule has 2 amide bonds. The van der Waals surface area contributed by atoms with Gasteiger partial charge in [-0.1, -0.05) is 71.7 Å². The highest BCUT2D eigenvalue weighted by Gasteiger charge is 2.40. The summed E-state index contributed by atoms with van der Waals surface area (Å²) in [6.45, 7) is 6.22. The number of halogens is 2. The highest BCUT2D eigenvalue weighted by atomic mass is 35.5. The van der Waals surface area contributed by atoms with E-state index in [0.717, 1.165) is 85.5 Å². The Labute approximate surface area is 313 Å². The third-order valence-electron chi connectivity index (χ3n) is 11.3. The first-order valence-electron chi connectivity index (χ1n) is 18.0. The number of piperidine rings is 2. The molecule has 4 fully saturated rings. The van der Waals surface area contributed by atoms with Crippen LogP contribution in [-0.2, 0) is 22.7 Å². The molecule has 0 spiro atoms. The van der Waals surface area contributed by atoms with Gasteiger partial charge in [-0.3, -0.25) is 19.4 Å². The third kappa shape index (κ3) is 6.62. The van der Waals surface area contributed by atoms with Gasteiger partial charge >= 0.3 is 0 Å². The van der Waals surface area contributed by atoms with Crippen LogP contribution in [0.3, 0.4) is 0 Å². The van der Waals surface area contributed by atoms with E-state index in [1.54, 1.807) is 14.2 Å². The summed E-state index contributed by atoms with van der Waals surface area (Å²) in [6, 6.07) is 19.7. The average molecular weight is 742 g/mol. The van der Waals surface area contributed by atoms with Gasteiger partial charge < -0.3 is 20.1 Å². The zero-order chi connectivity index (χ0) is 35.9. The minimum absolute atomic E-state index is 0.0485. The Kier molecular flexibility index (Phi) is 9.82. The van der Waals surface area contributed by atoms with Gasteiger partial charge in [0.25, 0.3) is 0 Å². The molecule has 8 rings (SSSR count). The summed E-state index contributed by atoms with van der Waals surface area (Å²) in [5, 5.41) is 7.08. The maximum atomic E-state index is 12.3. The molecule has 10 nitrogen and oxygen atoms in total. The lowest BCUT2D eigenvalue weighted by Crippen LogP contribution is -2.41. The van der Waals surface area contributed by atoms with Crippen molar-refractivity contribution in [2.75, 3.05) is 53.5 Å². The van der Waals surface area contributed by atoms with E-state index < -0.39 is 0 Å². The minimum atomic E-state index is 0.0485. The highest BCUT2D eigenvalue weighted by molar-refractivity contribution is 6.39. The van der Waals surface area contributed by atoms with Crippen LogP contribution >= 0.6 is 23.2 Å². The van der Waals surface area contributed by atoms with E-state index in [9.17, 15) is 9.59 Å². The van der Waals surface area contributed by atoms with Crippen LogP contribution in [-0.4, -0.2) is 85.1 Å². The number of nitrogens with zero attached hydrogens (tertiary/aromatic N) is 4. The van der Waals surface area contributed by atoms with Crippen molar-refractivity contribution in [2.45, 2.75) is 25.9 Å². The predicted molar refractivity (Wildman–Crippen MR) is 201 cm³/mol. The van der Waals surface area contributed by atoms with Gasteiger partial charge in [-0.05, 0) is 49.9 Å². The Hall–Kier alpha value is -4.22. The number of likely N-dealkylation sites (tertiary alicyclic amines) is 2. The molecule has 4 aliphatic heterocycles. The molecule has 270 valence electrons. The Morgan fingerprint density at radius 1 is 0.654 bits per heavy atom. The van der Waals surface area contributed by atoms with Crippen molar-refractivity contribution in [2.24, 2.45) is 23.7 Å². The number of hydrogen-bond donors (Lipinski definition) is 2. The van der Waals surface area contributed by atoms with Crippen molar-refractivity contribution >= 4 is 35.0 Å². The van der Waals surface area contributed by atoms with Crippen molar-refractivity contribution in [1.29, 1.82) is 0 Å². The zero-order valence-corrected chi connectivity index (χ0v) is 30.8. The summed E-state index contributed by atoms with van der Waals surface area (Å²) >= 11 is 14.3. The molecule has 2 N–H and O–H groups in total. The number of fused-ring (bicyclic) bond motifs is 2. The van der Waals surface area contributed by atoms with Gasteiger partial charge in [0.2, 0.25) is 23.6 Å². The summed E-state index contributed by atoms with van der Waals surface area (Å²) in [6.07, 6.45) is 2.00. The van der Waals surface area contributed by atoms with Gasteiger partial charge in [0.1, 0.15) is 0 Å². The lowest BCUT2D eigenvalue weighted by Gasteiger charge is -2.33. The lowest BCUT2D eigenvalue weighted by molar-refractivity contribution is -0.125. The van der Waals surface area contributed by atoms with E-state index in [0.29, 0.717) is 58.1 Å². The van der Waals surface area contributed by atoms with E-state index >= 15 is 0 Å². The second-order valence-corrected chi connectivity index (χ2v) is 15.1. The van der Waals surface area contributed by atoms with E-state index in [2.05, 4.69) is 20.4 Å². The van der Waals surface area contributed by atoms with Crippen molar-refractivity contribution in [3.63, 3.8) is 0 Å². The fraction of sp³-hybridized carbons (Fsp3) is 0.400. The van der Waals surface area contributed by atoms with Gasteiger partial charge in [-0.15, -0.1) is 0 Å². The van der Waals surface area contributed by atoms with Gasteiger partial charge in [-0.2, -0.15) is 0 Å². The summed E-state index contributed by atoms with van der Waals surface area (Å²) in [7, 11) is 3.26. The fourth-order valence-corrected chi connectivity index (χ4v) is 9.07. The van der Waals surface area contributed by atoms with Gasteiger partial charge in [-0.25, -0.2) is 9.97 Å². The number of carbonyl (C=O) groups is 2. The molecule has 12 heteroatoms. The van der Waals surface area contributed by atoms with Crippen LogP contribution in [0.4, 0.5) is 0 Å². The Morgan fingerprint density at radius 2 is 1.08 bits per heavy atom. The Bertz CT molecular complexity index is 1880. The number of hydrogen-bond acceptors (Lipinski definition) is 8. The largest absolute Gasteiger partial charge is 0.481 e. The molecule has 4 saturated heterocycles. The quantitative estimate of drug-likeness (QED) is 0.217. The maximum absolute atomic E-state index is 12.3. The third-order valence-corrected chi connectivity index (χ3v) is 12.1. The number of amides is 2. The number of aromatic nitrogens is 2. The molecule has 2 aromatic heterocycles. The maximum Gasteiger partial charge on any atom is 0.224 e. The standard InChI is InChI=1S/C40H42Cl2N6O4/c1-51-39-25(19-47-15-13-23-17-43-37(49)31(23)21-47)9-11-33(45-39)29-7-3-5-27(35(29)41)28-6-4-8-30(36(28)42)34-12-10-26(40(46-34)52-2)20-48-16-14-24-18-44-38(50)32(24)22-48/h3-12,23-24,31-32H,13-22H2,1-2H3,(H,43,49)(H,44,50)/t23-,24-,31-,32?/m1/s1. The monoisotopic (exact) mass is 740 g/mol. The molecule has 2 aromatic carbocycles. The molecular formula is C40H42Cl2N6O4. The number of rotatable bonds is 9. The number of benzene rings is 2. The molecule has 0 saturated carbocycles. The first kappa shape index (κ1) is 34.8. The second-order valence-electron chi connectivity index (χ2n) is 14.3. The summed E-state index contributed by atoms with van der Waals surface area (Å²) < 4.78 is 11.5. The minimum Gasteiger partial charge on any atom is -0.481 e. The molecule has 6 heterocycles. The van der Waals surface area contributed by atoms with Crippen LogP contribution < -0.4 is 20.1 Å². The fourth-order valence-electron chi connectivity index (χ4n) is 8.42. The topological polar surface area (TPSA) is 109 Å². The molecule has 0 radical (unpaired) electrons. The zero-order valence-electron chi connectivity index (χ0n) is 29.3.